The third-order valence-corrected chi connectivity index (χ3v) is 2.70. The molecule has 76 valence electrons. The van der Waals surface area contributed by atoms with Gasteiger partial charge >= 0.3 is 0 Å². The van der Waals surface area contributed by atoms with Gasteiger partial charge in [0.2, 0.25) is 0 Å². The summed E-state index contributed by atoms with van der Waals surface area (Å²) in [5, 5.41) is 9.45. The second kappa shape index (κ2) is 3.33. The number of aliphatic hydroxyl groups excluding tert-OH is 1. The molecule has 0 aliphatic heterocycles. The van der Waals surface area contributed by atoms with Gasteiger partial charge in [-0.3, -0.25) is 0 Å². The van der Waals surface area contributed by atoms with Crippen LogP contribution >= 0.6 is 0 Å². The number of ether oxygens (including phenoxy) is 1. The van der Waals surface area contributed by atoms with Gasteiger partial charge in [-0.15, -0.1) is 0 Å². The van der Waals surface area contributed by atoms with Crippen LogP contribution in [-0.4, -0.2) is 17.3 Å². The van der Waals surface area contributed by atoms with Gasteiger partial charge in [-0.25, -0.2) is 0 Å². The largest absolute Gasteiger partial charge is 0.512 e. The molecule has 0 amide bonds. The Morgan fingerprint density at radius 3 is 2.23 bits per heavy atom. The summed E-state index contributed by atoms with van der Waals surface area (Å²) < 4.78 is 5.68. The van der Waals surface area contributed by atoms with E-state index in [0.717, 1.165) is 12.8 Å². The molecule has 1 fully saturated rings. The predicted molar refractivity (Wildman–Crippen MR) is 53.8 cm³/mol. The van der Waals surface area contributed by atoms with Gasteiger partial charge in [-0.2, -0.15) is 0 Å². The molecule has 0 atom stereocenters. The van der Waals surface area contributed by atoms with Crippen molar-refractivity contribution >= 4 is 0 Å². The minimum Gasteiger partial charge on any atom is -0.512 e. The predicted octanol–water partition coefficient (Wildman–Crippen LogP) is 3.04. The van der Waals surface area contributed by atoms with Gasteiger partial charge in [-0.1, -0.05) is 13.0 Å². The summed E-state index contributed by atoms with van der Waals surface area (Å²) in [6, 6.07) is 0. The molecule has 1 aliphatic carbocycles. The molecule has 0 aromatic rings. The van der Waals surface area contributed by atoms with Gasteiger partial charge < -0.3 is 9.84 Å². The normalized spacial score (nSPS) is 20.8. The molecule has 0 spiro atoms. The zero-order valence-electron chi connectivity index (χ0n) is 8.89. The lowest BCUT2D eigenvalue weighted by Crippen LogP contribution is -2.39. The Kier molecular flexibility index (Phi) is 2.71. The monoisotopic (exact) mass is 184 g/mol. The van der Waals surface area contributed by atoms with E-state index in [0.29, 0.717) is 12.4 Å². The van der Waals surface area contributed by atoms with Crippen LogP contribution in [0.15, 0.2) is 12.3 Å². The second-order valence-corrected chi connectivity index (χ2v) is 4.98. The maximum atomic E-state index is 9.45. The molecular weight excluding hydrogens is 164 g/mol. The molecule has 2 nitrogen and oxygen atoms in total. The Bertz CT molecular complexity index is 197. The quantitative estimate of drug-likeness (QED) is 0.683. The van der Waals surface area contributed by atoms with E-state index in [4.69, 9.17) is 4.74 Å². The number of hydrogen-bond donors (Lipinski definition) is 1. The average Bonchev–Trinajstić information content (AvgIpc) is 1.80. The van der Waals surface area contributed by atoms with Crippen LogP contribution in [0.1, 0.15) is 40.0 Å². The van der Waals surface area contributed by atoms with Crippen LogP contribution in [-0.2, 0) is 4.74 Å². The van der Waals surface area contributed by atoms with Gasteiger partial charge in [0, 0.05) is 0 Å². The Morgan fingerprint density at radius 1 is 1.46 bits per heavy atom. The van der Waals surface area contributed by atoms with Gasteiger partial charge in [0.1, 0.15) is 0 Å². The van der Waals surface area contributed by atoms with Crippen LogP contribution in [0.5, 0.6) is 0 Å². The van der Waals surface area contributed by atoms with E-state index in [1.165, 1.54) is 6.42 Å². The maximum Gasteiger partial charge on any atom is 0.0935 e. The fourth-order valence-corrected chi connectivity index (χ4v) is 1.47. The van der Waals surface area contributed by atoms with Crippen molar-refractivity contribution in [3.05, 3.63) is 12.3 Å². The Morgan fingerprint density at radius 2 is 2.00 bits per heavy atom. The molecule has 0 unspecified atom stereocenters. The Hall–Kier alpha value is -0.500. The Balaban J connectivity index is 2.46. The molecule has 2 heteroatoms. The first kappa shape index (κ1) is 10.6. The van der Waals surface area contributed by atoms with Crippen molar-refractivity contribution < 1.29 is 9.84 Å². The summed E-state index contributed by atoms with van der Waals surface area (Å²) in [6.45, 7) is 10.3. The second-order valence-electron chi connectivity index (χ2n) is 4.98. The fraction of sp³-hybridized carbons (Fsp3) is 0.818. The van der Waals surface area contributed by atoms with E-state index in [-0.39, 0.29) is 11.0 Å². The van der Waals surface area contributed by atoms with Crippen LogP contribution < -0.4 is 0 Å². The highest BCUT2D eigenvalue weighted by molar-refractivity contribution is 5.07. The summed E-state index contributed by atoms with van der Waals surface area (Å²) >= 11 is 0. The van der Waals surface area contributed by atoms with Crippen molar-refractivity contribution in [2.24, 2.45) is 5.41 Å². The molecule has 0 heterocycles. The lowest BCUT2D eigenvalue weighted by atomic mass is 9.68. The van der Waals surface area contributed by atoms with Gasteiger partial charge in [0.25, 0.3) is 0 Å². The molecule has 1 saturated carbocycles. The van der Waals surface area contributed by atoms with Crippen molar-refractivity contribution in [2.45, 2.75) is 45.6 Å². The highest BCUT2D eigenvalue weighted by Crippen LogP contribution is 2.46. The topological polar surface area (TPSA) is 29.5 Å². The van der Waals surface area contributed by atoms with E-state index < -0.39 is 0 Å². The molecule has 1 rings (SSSR count). The van der Waals surface area contributed by atoms with Gasteiger partial charge in [0.15, 0.2) is 0 Å². The van der Waals surface area contributed by atoms with Crippen molar-refractivity contribution in [3.8, 4) is 0 Å². The molecule has 0 aromatic carbocycles. The number of hydrogen-bond acceptors (Lipinski definition) is 2. The van der Waals surface area contributed by atoms with Crippen LogP contribution in [0.3, 0.4) is 0 Å². The summed E-state index contributed by atoms with van der Waals surface area (Å²) in [4.78, 5) is 0. The third-order valence-electron chi connectivity index (χ3n) is 2.70. The van der Waals surface area contributed by atoms with E-state index in [2.05, 4.69) is 6.58 Å². The number of rotatable bonds is 3. The first-order valence-corrected chi connectivity index (χ1v) is 4.88. The van der Waals surface area contributed by atoms with Crippen molar-refractivity contribution in [2.75, 3.05) is 6.61 Å². The van der Waals surface area contributed by atoms with Crippen molar-refractivity contribution in [1.29, 1.82) is 0 Å². The lowest BCUT2D eigenvalue weighted by molar-refractivity contribution is -0.0758. The fourth-order valence-electron chi connectivity index (χ4n) is 1.47. The van der Waals surface area contributed by atoms with Crippen LogP contribution in [0.25, 0.3) is 0 Å². The van der Waals surface area contributed by atoms with Crippen LogP contribution in [0.4, 0.5) is 0 Å². The highest BCUT2D eigenvalue weighted by atomic mass is 16.5. The van der Waals surface area contributed by atoms with E-state index in [9.17, 15) is 5.11 Å². The standard InChI is InChI=1S/C11H20O2/c1-9(12)11(6-5-7-11)8-13-10(2,3)4/h12H,1,5-8H2,2-4H3. The van der Waals surface area contributed by atoms with Crippen molar-refractivity contribution in [1.82, 2.24) is 0 Å². The molecule has 0 bridgehead atoms. The summed E-state index contributed by atoms with van der Waals surface area (Å²) in [5.41, 5.74) is -0.259. The minimum absolute atomic E-state index is 0.127. The SMILES string of the molecule is C=C(O)C1(COC(C)(C)C)CCC1. The summed E-state index contributed by atoms with van der Waals surface area (Å²) in [6.07, 6.45) is 3.20. The van der Waals surface area contributed by atoms with Crippen LogP contribution in [0.2, 0.25) is 0 Å². The zero-order chi connectivity index (χ0) is 10.1. The highest BCUT2D eigenvalue weighted by Gasteiger charge is 2.41. The van der Waals surface area contributed by atoms with E-state index in [1.54, 1.807) is 0 Å². The molecular formula is C11H20O2. The van der Waals surface area contributed by atoms with Crippen molar-refractivity contribution in [3.63, 3.8) is 0 Å². The molecule has 0 radical (unpaired) electrons. The average molecular weight is 184 g/mol. The summed E-state index contributed by atoms with van der Waals surface area (Å²) in [7, 11) is 0. The molecule has 0 saturated heterocycles. The summed E-state index contributed by atoms with van der Waals surface area (Å²) in [5.74, 6) is 0.294. The van der Waals surface area contributed by atoms with Crippen LogP contribution in [0, 0.1) is 5.41 Å². The van der Waals surface area contributed by atoms with Gasteiger partial charge in [-0.05, 0) is 33.6 Å². The Labute approximate surface area is 80.6 Å². The zero-order valence-corrected chi connectivity index (χ0v) is 8.89. The number of aliphatic hydroxyl groups is 1. The minimum atomic E-state index is -0.132. The lowest BCUT2D eigenvalue weighted by Gasteiger charge is -2.42. The maximum absolute atomic E-state index is 9.45. The smallest absolute Gasteiger partial charge is 0.0935 e. The molecule has 0 aromatic heterocycles. The third kappa shape index (κ3) is 2.47. The first-order valence-electron chi connectivity index (χ1n) is 4.88. The van der Waals surface area contributed by atoms with Gasteiger partial charge in [0.05, 0.1) is 23.4 Å². The van der Waals surface area contributed by atoms with E-state index in [1.807, 2.05) is 20.8 Å². The molecule has 13 heavy (non-hydrogen) atoms. The first-order chi connectivity index (χ1) is 5.86. The van der Waals surface area contributed by atoms with E-state index >= 15 is 0 Å². The molecule has 1 N–H and O–H groups in total. The molecule has 1 aliphatic rings.